The zero-order chi connectivity index (χ0) is 19.2. The second kappa shape index (κ2) is 8.71. The first-order valence-corrected chi connectivity index (χ1v) is 9.26. The fraction of sp³-hybridized carbons (Fsp3) is 0.364. The fourth-order valence-electron chi connectivity index (χ4n) is 3.07. The number of amides is 1. The Morgan fingerprint density at radius 2 is 1.70 bits per heavy atom. The quantitative estimate of drug-likeness (QED) is 0.735. The van der Waals surface area contributed by atoms with Crippen LogP contribution in [0, 0.1) is 0 Å². The monoisotopic (exact) mass is 367 g/mol. The molecule has 1 amide bonds. The standard InChI is InChI=1S/C22H25NO4/c1-16(2)17-7-9-20(10-8-17)26-15-22(25)27-14-21(24)23-12-11-18-5-3-4-6-19(18)13-23/h3-10,16H,11-15H2,1-2H3. The zero-order valence-corrected chi connectivity index (χ0v) is 15.8. The van der Waals surface area contributed by atoms with E-state index in [4.69, 9.17) is 9.47 Å². The molecule has 0 saturated carbocycles. The van der Waals surface area contributed by atoms with E-state index in [0.717, 1.165) is 12.0 Å². The molecular formula is C22H25NO4. The van der Waals surface area contributed by atoms with E-state index in [2.05, 4.69) is 19.9 Å². The molecule has 0 unspecified atom stereocenters. The van der Waals surface area contributed by atoms with Gasteiger partial charge in [0.25, 0.3) is 5.91 Å². The van der Waals surface area contributed by atoms with Crippen LogP contribution in [0.1, 0.15) is 36.5 Å². The summed E-state index contributed by atoms with van der Waals surface area (Å²) in [6, 6.07) is 15.7. The lowest BCUT2D eigenvalue weighted by molar-refractivity contribution is -0.154. The van der Waals surface area contributed by atoms with Gasteiger partial charge in [-0.05, 0) is 41.2 Å². The first kappa shape index (κ1) is 19.0. The molecule has 0 aromatic heterocycles. The minimum atomic E-state index is -0.548. The summed E-state index contributed by atoms with van der Waals surface area (Å²) >= 11 is 0. The van der Waals surface area contributed by atoms with Crippen LogP contribution in [0.25, 0.3) is 0 Å². The summed E-state index contributed by atoms with van der Waals surface area (Å²) in [7, 11) is 0. The van der Waals surface area contributed by atoms with E-state index in [0.29, 0.717) is 24.8 Å². The minimum absolute atomic E-state index is 0.181. The molecule has 0 saturated heterocycles. The summed E-state index contributed by atoms with van der Waals surface area (Å²) < 4.78 is 10.5. The van der Waals surface area contributed by atoms with Crippen molar-refractivity contribution in [1.82, 2.24) is 4.90 Å². The smallest absolute Gasteiger partial charge is 0.344 e. The van der Waals surface area contributed by atoms with Gasteiger partial charge in [-0.25, -0.2) is 4.79 Å². The highest BCUT2D eigenvalue weighted by atomic mass is 16.6. The third-order valence-electron chi connectivity index (χ3n) is 4.74. The lowest BCUT2D eigenvalue weighted by Gasteiger charge is -2.28. The summed E-state index contributed by atoms with van der Waals surface area (Å²) in [5.41, 5.74) is 3.63. The Morgan fingerprint density at radius 1 is 1.00 bits per heavy atom. The third-order valence-corrected chi connectivity index (χ3v) is 4.74. The number of ether oxygens (including phenoxy) is 2. The van der Waals surface area contributed by atoms with Crippen LogP contribution in [-0.2, 0) is 27.3 Å². The van der Waals surface area contributed by atoms with Gasteiger partial charge in [0.2, 0.25) is 0 Å². The SMILES string of the molecule is CC(C)c1ccc(OCC(=O)OCC(=O)N2CCc3ccccc3C2)cc1. The summed E-state index contributed by atoms with van der Waals surface area (Å²) in [6.45, 7) is 4.97. The molecule has 0 spiro atoms. The van der Waals surface area contributed by atoms with Gasteiger partial charge in [-0.3, -0.25) is 4.79 Å². The molecule has 2 aromatic carbocycles. The molecule has 0 aliphatic carbocycles. The van der Waals surface area contributed by atoms with Gasteiger partial charge in [0.05, 0.1) is 0 Å². The minimum Gasteiger partial charge on any atom is -0.482 e. The Hall–Kier alpha value is -2.82. The van der Waals surface area contributed by atoms with Gasteiger partial charge in [0.1, 0.15) is 5.75 Å². The fourth-order valence-corrected chi connectivity index (χ4v) is 3.07. The van der Waals surface area contributed by atoms with Crippen LogP contribution in [0.2, 0.25) is 0 Å². The largest absolute Gasteiger partial charge is 0.482 e. The average molecular weight is 367 g/mol. The molecule has 5 heteroatoms. The van der Waals surface area contributed by atoms with Gasteiger partial charge in [0, 0.05) is 13.1 Å². The van der Waals surface area contributed by atoms with Crippen LogP contribution in [0.4, 0.5) is 0 Å². The number of esters is 1. The lowest BCUT2D eigenvalue weighted by atomic mass is 10.00. The maximum atomic E-state index is 12.3. The summed E-state index contributed by atoms with van der Waals surface area (Å²) in [5, 5.41) is 0. The molecule has 0 radical (unpaired) electrons. The Balaban J connectivity index is 1.42. The Labute approximate surface area is 159 Å². The molecular weight excluding hydrogens is 342 g/mol. The van der Waals surface area contributed by atoms with Crippen LogP contribution in [-0.4, -0.2) is 36.5 Å². The summed E-state index contributed by atoms with van der Waals surface area (Å²) in [4.78, 5) is 25.9. The Bertz CT molecular complexity index is 798. The van der Waals surface area contributed by atoms with Gasteiger partial charge in [0.15, 0.2) is 13.2 Å². The lowest BCUT2D eigenvalue weighted by Crippen LogP contribution is -2.38. The molecule has 0 bridgehead atoms. The molecule has 0 atom stereocenters. The van der Waals surface area contributed by atoms with Crippen LogP contribution >= 0.6 is 0 Å². The number of carbonyl (C=O) groups excluding carboxylic acids is 2. The number of hydrogen-bond donors (Lipinski definition) is 0. The van der Waals surface area contributed by atoms with E-state index < -0.39 is 5.97 Å². The predicted molar refractivity (Wildman–Crippen MR) is 103 cm³/mol. The van der Waals surface area contributed by atoms with Crippen LogP contribution in [0.3, 0.4) is 0 Å². The molecule has 3 rings (SSSR count). The molecule has 0 N–H and O–H groups in total. The number of fused-ring (bicyclic) bond motifs is 1. The van der Waals surface area contributed by atoms with E-state index in [1.165, 1.54) is 11.1 Å². The third kappa shape index (κ3) is 5.09. The van der Waals surface area contributed by atoms with E-state index >= 15 is 0 Å². The van der Waals surface area contributed by atoms with Crippen molar-refractivity contribution in [3.8, 4) is 5.75 Å². The van der Waals surface area contributed by atoms with E-state index in [9.17, 15) is 9.59 Å². The first-order chi connectivity index (χ1) is 13.0. The zero-order valence-electron chi connectivity index (χ0n) is 15.8. The summed E-state index contributed by atoms with van der Waals surface area (Å²) in [5.74, 6) is 0.319. The summed E-state index contributed by atoms with van der Waals surface area (Å²) in [6.07, 6.45) is 0.825. The van der Waals surface area contributed by atoms with E-state index in [1.807, 2.05) is 42.5 Å². The molecule has 1 aliphatic rings. The molecule has 142 valence electrons. The topological polar surface area (TPSA) is 55.8 Å². The van der Waals surface area contributed by atoms with Crippen LogP contribution in [0.5, 0.6) is 5.75 Å². The Kier molecular flexibility index (Phi) is 6.12. The van der Waals surface area contributed by atoms with Crippen molar-refractivity contribution in [2.24, 2.45) is 0 Å². The van der Waals surface area contributed by atoms with Gasteiger partial charge < -0.3 is 14.4 Å². The van der Waals surface area contributed by atoms with Crippen molar-refractivity contribution in [3.05, 3.63) is 65.2 Å². The van der Waals surface area contributed by atoms with E-state index in [-0.39, 0.29) is 19.1 Å². The molecule has 1 aliphatic heterocycles. The van der Waals surface area contributed by atoms with Gasteiger partial charge >= 0.3 is 5.97 Å². The van der Waals surface area contributed by atoms with Crippen molar-refractivity contribution < 1.29 is 19.1 Å². The van der Waals surface area contributed by atoms with Crippen molar-refractivity contribution in [3.63, 3.8) is 0 Å². The number of hydrogen-bond acceptors (Lipinski definition) is 4. The maximum absolute atomic E-state index is 12.3. The van der Waals surface area contributed by atoms with Gasteiger partial charge in [-0.15, -0.1) is 0 Å². The highest BCUT2D eigenvalue weighted by Gasteiger charge is 2.21. The van der Waals surface area contributed by atoms with Crippen LogP contribution < -0.4 is 4.74 Å². The van der Waals surface area contributed by atoms with Crippen molar-refractivity contribution in [2.45, 2.75) is 32.7 Å². The molecule has 2 aromatic rings. The number of nitrogens with zero attached hydrogens (tertiary/aromatic N) is 1. The highest BCUT2D eigenvalue weighted by molar-refractivity contribution is 5.81. The Morgan fingerprint density at radius 3 is 2.41 bits per heavy atom. The molecule has 27 heavy (non-hydrogen) atoms. The van der Waals surface area contributed by atoms with Gasteiger partial charge in [-0.2, -0.15) is 0 Å². The number of rotatable bonds is 6. The van der Waals surface area contributed by atoms with Crippen molar-refractivity contribution >= 4 is 11.9 Å². The second-order valence-electron chi connectivity index (χ2n) is 7.01. The van der Waals surface area contributed by atoms with E-state index in [1.54, 1.807) is 4.90 Å². The van der Waals surface area contributed by atoms with Gasteiger partial charge in [-0.1, -0.05) is 50.2 Å². The van der Waals surface area contributed by atoms with Crippen LogP contribution in [0.15, 0.2) is 48.5 Å². The average Bonchev–Trinajstić information content (AvgIpc) is 2.70. The highest BCUT2D eigenvalue weighted by Crippen LogP contribution is 2.19. The first-order valence-electron chi connectivity index (χ1n) is 9.26. The second-order valence-corrected chi connectivity index (χ2v) is 7.01. The normalized spacial score (nSPS) is 13.2. The van der Waals surface area contributed by atoms with Crippen molar-refractivity contribution in [1.29, 1.82) is 0 Å². The number of carbonyl (C=O) groups is 2. The molecule has 0 fully saturated rings. The molecule has 5 nitrogen and oxygen atoms in total. The number of benzene rings is 2. The van der Waals surface area contributed by atoms with Crippen molar-refractivity contribution in [2.75, 3.05) is 19.8 Å². The predicted octanol–water partition coefficient (Wildman–Crippen LogP) is 3.32. The maximum Gasteiger partial charge on any atom is 0.344 e. The molecule has 1 heterocycles.